The quantitative estimate of drug-likeness (QED) is 0.0524. The fourth-order valence-corrected chi connectivity index (χ4v) is 5.62. The minimum Gasteiger partial charge on any atom is -0.373 e. The van der Waals surface area contributed by atoms with E-state index in [4.69, 9.17) is 0 Å². The van der Waals surface area contributed by atoms with Crippen molar-refractivity contribution < 1.29 is 23.9 Å². The van der Waals surface area contributed by atoms with Crippen LogP contribution in [0.15, 0.2) is 24.3 Å². The fraction of sp³-hybridized carbons (Fsp3) is 0.862. The lowest BCUT2D eigenvalue weighted by atomic mass is 10.0. The predicted octanol–water partition coefficient (Wildman–Crippen LogP) is 8.10. The minimum absolute atomic E-state index is 0.0578. The van der Waals surface area contributed by atoms with Crippen molar-refractivity contribution in [3.05, 3.63) is 24.3 Å². The zero-order valence-electron chi connectivity index (χ0n) is 23.6. The number of rotatable bonds is 24. The number of hydrogen-bond acceptors (Lipinski definition) is 2. The van der Waals surface area contributed by atoms with Crippen molar-refractivity contribution in [3.8, 4) is 0 Å². The summed E-state index contributed by atoms with van der Waals surface area (Å²) in [7, 11) is 0.971. The van der Waals surface area contributed by atoms with Crippen LogP contribution < -0.4 is 0 Å². The van der Waals surface area contributed by atoms with Gasteiger partial charge in [-0.05, 0) is 57.8 Å². The van der Waals surface area contributed by atoms with Crippen LogP contribution in [0.1, 0.15) is 129 Å². The van der Waals surface area contributed by atoms with Crippen LogP contribution in [-0.2, 0) is 4.57 Å². The lowest BCUT2D eigenvalue weighted by molar-refractivity contribution is -0.875. The minimum atomic E-state index is -4.55. The molecule has 0 fully saturated rings. The van der Waals surface area contributed by atoms with Gasteiger partial charge in [-0.3, -0.25) is 4.57 Å². The molecule has 1 unspecified atom stereocenters. The Hall–Kier alpha value is -0.450. The second kappa shape index (κ2) is 20.6. The Labute approximate surface area is 217 Å². The third kappa shape index (κ3) is 21.4. The van der Waals surface area contributed by atoms with Crippen LogP contribution in [0.3, 0.4) is 0 Å². The molecule has 0 aromatic rings. The molecule has 0 amide bonds. The number of nitrogens with zero attached hydrogens (tertiary/aromatic N) is 1. The van der Waals surface area contributed by atoms with Gasteiger partial charge < -0.3 is 19.4 Å². The molecule has 0 aromatic carbocycles. The Balaban J connectivity index is 3.55. The van der Waals surface area contributed by atoms with E-state index in [-0.39, 0.29) is 13.0 Å². The monoisotopic (exact) mass is 516 g/mol. The van der Waals surface area contributed by atoms with Crippen LogP contribution in [0, 0.1) is 0 Å². The van der Waals surface area contributed by atoms with E-state index in [1.807, 2.05) is 21.1 Å². The molecule has 0 aliphatic heterocycles. The van der Waals surface area contributed by atoms with Crippen molar-refractivity contribution in [1.82, 2.24) is 0 Å². The molecule has 0 aliphatic rings. The van der Waals surface area contributed by atoms with Crippen LogP contribution in [0.2, 0.25) is 0 Å². The van der Waals surface area contributed by atoms with Gasteiger partial charge in [-0.25, -0.2) is 0 Å². The molecule has 1 atom stereocenters. The van der Waals surface area contributed by atoms with Gasteiger partial charge in [0.05, 0.1) is 21.1 Å². The van der Waals surface area contributed by atoms with Crippen molar-refractivity contribution in [2.75, 3.05) is 27.7 Å². The number of likely N-dealkylation sites (N-methyl/N-ethyl adjacent to an activating group) is 1. The van der Waals surface area contributed by atoms with Gasteiger partial charge in [0.15, 0.2) is 0 Å². The second-order valence-corrected chi connectivity index (χ2v) is 13.3. The number of aliphatic hydroxyl groups is 1. The first-order valence-corrected chi connectivity index (χ1v) is 16.0. The van der Waals surface area contributed by atoms with Gasteiger partial charge in [0, 0.05) is 0 Å². The molecule has 0 spiro atoms. The molecule has 35 heavy (non-hydrogen) atoms. The zero-order chi connectivity index (χ0) is 26.5. The summed E-state index contributed by atoms with van der Waals surface area (Å²) >= 11 is 0. The maximum absolute atomic E-state index is 11.8. The molecule has 208 valence electrons. The van der Waals surface area contributed by atoms with E-state index in [1.54, 1.807) is 0 Å². The van der Waals surface area contributed by atoms with E-state index in [0.29, 0.717) is 10.9 Å². The number of allylic oxidation sites excluding steroid dienone is 4. The molecule has 0 aromatic heterocycles. The summed E-state index contributed by atoms with van der Waals surface area (Å²) in [4.78, 5) is 19.2. The summed E-state index contributed by atoms with van der Waals surface area (Å²) in [6.07, 6.45) is 31.3. The molecule has 5 nitrogen and oxygen atoms in total. The topological polar surface area (TPSA) is 77.8 Å². The predicted molar refractivity (Wildman–Crippen MR) is 152 cm³/mol. The molecule has 0 saturated heterocycles. The molecule has 6 heteroatoms. The van der Waals surface area contributed by atoms with Crippen molar-refractivity contribution in [2.45, 2.75) is 134 Å². The highest BCUT2D eigenvalue weighted by Crippen LogP contribution is 2.52. The lowest BCUT2D eigenvalue weighted by Crippen LogP contribution is -2.49. The molecule has 3 N–H and O–H groups in total. The highest BCUT2D eigenvalue weighted by molar-refractivity contribution is 7.53. The van der Waals surface area contributed by atoms with Crippen LogP contribution in [0.25, 0.3) is 0 Å². The summed E-state index contributed by atoms with van der Waals surface area (Å²) < 4.78 is 12.1. The molecule has 0 radical (unpaired) electrons. The van der Waals surface area contributed by atoms with Gasteiger partial charge in [0.2, 0.25) is 5.34 Å². The van der Waals surface area contributed by atoms with Crippen molar-refractivity contribution in [2.24, 2.45) is 0 Å². The van der Waals surface area contributed by atoms with Gasteiger partial charge >= 0.3 is 7.60 Å². The molecular formula is C29H59NO4P+. The van der Waals surface area contributed by atoms with E-state index in [0.717, 1.165) is 25.7 Å². The van der Waals surface area contributed by atoms with E-state index in [1.165, 1.54) is 83.5 Å². The highest BCUT2D eigenvalue weighted by Gasteiger charge is 2.48. The van der Waals surface area contributed by atoms with E-state index in [9.17, 15) is 19.5 Å². The molecular weight excluding hydrogens is 457 g/mol. The van der Waals surface area contributed by atoms with Gasteiger partial charge in [-0.15, -0.1) is 0 Å². The largest absolute Gasteiger partial charge is 0.373 e. The maximum Gasteiger partial charge on any atom is 0.362 e. The van der Waals surface area contributed by atoms with E-state index < -0.39 is 12.9 Å². The summed E-state index contributed by atoms with van der Waals surface area (Å²) in [5.74, 6) is 0. The average Bonchev–Trinajstić information content (AvgIpc) is 2.75. The third-order valence-electron chi connectivity index (χ3n) is 6.53. The van der Waals surface area contributed by atoms with Gasteiger partial charge in [-0.1, -0.05) is 95.4 Å². The Kier molecular flexibility index (Phi) is 20.3. The average molecular weight is 517 g/mol. The lowest BCUT2D eigenvalue weighted by Gasteiger charge is -2.35. The van der Waals surface area contributed by atoms with E-state index >= 15 is 0 Å². The maximum atomic E-state index is 11.8. The second-order valence-electron chi connectivity index (χ2n) is 11.4. The first-order valence-electron chi connectivity index (χ1n) is 14.4. The number of quaternary nitrogens is 1. The van der Waals surface area contributed by atoms with Crippen LogP contribution >= 0.6 is 7.60 Å². The summed E-state index contributed by atoms with van der Waals surface area (Å²) in [5.41, 5.74) is 0. The summed E-state index contributed by atoms with van der Waals surface area (Å²) in [6.45, 7) is 2.25. The van der Waals surface area contributed by atoms with Gasteiger partial charge in [-0.2, -0.15) is 0 Å². The number of unbranched alkanes of at least 4 members (excludes halogenated alkanes) is 15. The van der Waals surface area contributed by atoms with Crippen LogP contribution in [0.4, 0.5) is 0 Å². The Morgan fingerprint density at radius 1 is 0.629 bits per heavy atom. The Morgan fingerprint density at radius 3 is 1.31 bits per heavy atom. The van der Waals surface area contributed by atoms with E-state index in [2.05, 4.69) is 31.2 Å². The normalized spacial score (nSPS) is 14.8. The van der Waals surface area contributed by atoms with Crippen molar-refractivity contribution in [3.63, 3.8) is 0 Å². The Bertz CT molecular complexity index is 594. The van der Waals surface area contributed by atoms with Crippen LogP contribution in [0.5, 0.6) is 0 Å². The highest BCUT2D eigenvalue weighted by atomic mass is 31.2. The number of hydrogen-bond donors (Lipinski definition) is 3. The first kappa shape index (κ1) is 34.6. The molecule has 0 aliphatic carbocycles. The van der Waals surface area contributed by atoms with Crippen molar-refractivity contribution in [1.29, 1.82) is 0 Å². The van der Waals surface area contributed by atoms with Crippen LogP contribution in [-0.4, -0.2) is 52.4 Å². The first-order chi connectivity index (χ1) is 16.5. The molecule has 0 bridgehead atoms. The Morgan fingerprint density at radius 2 is 0.971 bits per heavy atom. The molecule has 0 saturated carbocycles. The van der Waals surface area contributed by atoms with Gasteiger partial charge in [0.1, 0.15) is 6.54 Å². The molecule has 0 heterocycles. The fourth-order valence-electron chi connectivity index (χ4n) is 4.56. The zero-order valence-corrected chi connectivity index (χ0v) is 24.5. The standard InChI is InChI=1S/C29H58NO4P/c1-5-6-7-8-9-10-11-12-13-14-15-16-17-18-19-20-21-22-23-24-25-26-27-29(31,35(32,33)34)28-30(2,3)4/h6-7,17-18,31H,5,8-16,19-28H2,1-4H3,(H-,32,33,34)/p+1/b7-6-,18-17-. The third-order valence-corrected chi connectivity index (χ3v) is 7.98. The summed E-state index contributed by atoms with van der Waals surface area (Å²) in [6, 6.07) is 0. The molecule has 0 rings (SSSR count). The smallest absolute Gasteiger partial charge is 0.362 e. The van der Waals surface area contributed by atoms with Crippen molar-refractivity contribution >= 4 is 7.60 Å². The SMILES string of the molecule is CC/C=C\CCCCCCCCC/C=C\CCCCCCCCCC(O)(C[N+](C)(C)C)P(=O)(O)O. The van der Waals surface area contributed by atoms with Gasteiger partial charge in [0.25, 0.3) is 0 Å². The summed E-state index contributed by atoms with van der Waals surface area (Å²) in [5, 5.41) is 8.65.